The summed E-state index contributed by atoms with van der Waals surface area (Å²) >= 11 is 0. The van der Waals surface area contributed by atoms with Gasteiger partial charge < -0.3 is 14.6 Å². The fourth-order valence-corrected chi connectivity index (χ4v) is 3.62. The Kier molecular flexibility index (Phi) is 5.21. The highest BCUT2D eigenvalue weighted by atomic mass is 16.5. The average Bonchev–Trinajstić information content (AvgIpc) is 3.15. The van der Waals surface area contributed by atoms with Crippen LogP contribution in [0.4, 0.5) is 5.82 Å². The zero-order chi connectivity index (χ0) is 20.4. The Bertz CT molecular complexity index is 1150. The fraction of sp³-hybridized carbons (Fsp3) is 0.250. The molecule has 148 valence electrons. The number of nitrogens with zero attached hydrogens (tertiary/aromatic N) is 3. The summed E-state index contributed by atoms with van der Waals surface area (Å²) in [6.07, 6.45) is 2.13. The second-order valence-corrected chi connectivity index (χ2v) is 7.20. The molecule has 0 spiro atoms. The Balaban J connectivity index is 1.65. The topological polar surface area (TPSA) is 52.0 Å². The van der Waals surface area contributed by atoms with Crippen molar-refractivity contribution >= 4 is 16.7 Å². The number of benzene rings is 2. The van der Waals surface area contributed by atoms with Gasteiger partial charge in [-0.3, -0.25) is 0 Å². The summed E-state index contributed by atoms with van der Waals surface area (Å²) < 4.78 is 7.59. The van der Waals surface area contributed by atoms with Crippen molar-refractivity contribution in [2.75, 3.05) is 12.4 Å². The summed E-state index contributed by atoms with van der Waals surface area (Å²) in [5.74, 6) is 2.41. The van der Waals surface area contributed by atoms with Gasteiger partial charge in [-0.15, -0.1) is 0 Å². The maximum atomic E-state index is 5.34. The van der Waals surface area contributed by atoms with Crippen LogP contribution < -0.4 is 10.1 Å². The van der Waals surface area contributed by atoms with Crippen molar-refractivity contribution < 1.29 is 4.74 Å². The molecule has 0 bridgehead atoms. The van der Waals surface area contributed by atoms with Crippen LogP contribution in [0.15, 0.2) is 60.8 Å². The van der Waals surface area contributed by atoms with Gasteiger partial charge in [0.2, 0.25) is 0 Å². The van der Waals surface area contributed by atoms with E-state index in [0.717, 1.165) is 40.8 Å². The first kappa shape index (κ1) is 19.0. The Morgan fingerprint density at radius 2 is 1.93 bits per heavy atom. The molecule has 0 saturated heterocycles. The molecule has 5 nitrogen and oxygen atoms in total. The summed E-state index contributed by atoms with van der Waals surface area (Å²) in [4.78, 5) is 9.27. The molecule has 2 aromatic carbocycles. The van der Waals surface area contributed by atoms with E-state index in [4.69, 9.17) is 4.74 Å². The zero-order valence-electron chi connectivity index (χ0n) is 17.3. The molecule has 0 aliphatic carbocycles. The molecule has 4 aromatic rings. The van der Waals surface area contributed by atoms with Crippen LogP contribution in [-0.2, 0) is 6.54 Å². The van der Waals surface area contributed by atoms with E-state index in [9.17, 15) is 0 Å². The Labute approximate surface area is 171 Å². The number of rotatable bonds is 6. The minimum atomic E-state index is 0.0899. The first-order chi connectivity index (χ1) is 14.1. The number of hydrogen-bond donors (Lipinski definition) is 1. The van der Waals surface area contributed by atoms with Gasteiger partial charge in [0.15, 0.2) is 0 Å². The normalized spacial score (nSPS) is 12.1. The van der Waals surface area contributed by atoms with Crippen molar-refractivity contribution in [1.82, 2.24) is 14.5 Å². The van der Waals surface area contributed by atoms with E-state index >= 15 is 0 Å². The second kappa shape index (κ2) is 7.95. The molecule has 0 fully saturated rings. The molecule has 0 saturated carbocycles. The van der Waals surface area contributed by atoms with E-state index in [1.807, 2.05) is 31.2 Å². The zero-order valence-corrected chi connectivity index (χ0v) is 17.3. The first-order valence-corrected chi connectivity index (χ1v) is 9.93. The van der Waals surface area contributed by atoms with Gasteiger partial charge in [0.25, 0.3) is 0 Å². The van der Waals surface area contributed by atoms with Crippen LogP contribution in [-0.4, -0.2) is 21.6 Å². The lowest BCUT2D eigenvalue weighted by Crippen LogP contribution is -2.09. The van der Waals surface area contributed by atoms with E-state index in [1.165, 1.54) is 10.9 Å². The average molecular weight is 386 g/mol. The highest BCUT2D eigenvalue weighted by Gasteiger charge is 2.11. The summed E-state index contributed by atoms with van der Waals surface area (Å²) in [6, 6.07) is 18.8. The molecule has 4 rings (SSSR count). The molecule has 1 unspecified atom stereocenters. The molecule has 0 aliphatic heterocycles. The molecule has 2 aromatic heterocycles. The molecular formula is C24H26N4O. The number of aromatic nitrogens is 3. The van der Waals surface area contributed by atoms with Crippen LogP contribution in [0, 0.1) is 6.92 Å². The highest BCUT2D eigenvalue weighted by Crippen LogP contribution is 2.27. The number of ether oxygens (including phenoxy) is 1. The third-order valence-corrected chi connectivity index (χ3v) is 5.21. The van der Waals surface area contributed by atoms with Crippen molar-refractivity contribution in [3.05, 3.63) is 72.2 Å². The predicted octanol–water partition coefficient (Wildman–Crippen LogP) is 5.61. The molecule has 5 heteroatoms. The number of anilines is 1. The lowest BCUT2D eigenvalue weighted by molar-refractivity contribution is 0.414. The fourth-order valence-electron chi connectivity index (χ4n) is 3.62. The first-order valence-electron chi connectivity index (χ1n) is 9.93. The van der Waals surface area contributed by atoms with E-state index in [-0.39, 0.29) is 6.04 Å². The van der Waals surface area contributed by atoms with E-state index in [1.54, 1.807) is 7.11 Å². The third-order valence-electron chi connectivity index (χ3n) is 5.21. The molecule has 1 N–H and O–H groups in total. The lowest BCUT2D eigenvalue weighted by Gasteiger charge is -2.17. The Hall–Kier alpha value is -3.34. The van der Waals surface area contributed by atoms with Crippen molar-refractivity contribution in [3.63, 3.8) is 0 Å². The van der Waals surface area contributed by atoms with Gasteiger partial charge in [-0.05, 0) is 56.0 Å². The van der Waals surface area contributed by atoms with Gasteiger partial charge >= 0.3 is 0 Å². The van der Waals surface area contributed by atoms with Crippen LogP contribution >= 0.6 is 0 Å². The number of aryl methyl sites for hydroxylation is 2. The van der Waals surface area contributed by atoms with Gasteiger partial charge in [-0.25, -0.2) is 9.97 Å². The molecule has 2 heterocycles. The standard InChI is InChI=1S/C24H26N4O/c1-5-28-12-11-18-9-10-20(14-23(18)28)22-15-24(27-17(3)26-22)25-16(2)19-7-6-8-21(13-19)29-4/h6-16H,5H2,1-4H3,(H,25,26,27). The van der Waals surface area contributed by atoms with Crippen LogP contribution in [0.5, 0.6) is 5.75 Å². The summed E-state index contributed by atoms with van der Waals surface area (Å²) in [7, 11) is 1.68. The number of methoxy groups -OCH3 is 1. The summed E-state index contributed by atoms with van der Waals surface area (Å²) in [5, 5.41) is 4.75. The summed E-state index contributed by atoms with van der Waals surface area (Å²) in [5.41, 5.74) is 4.38. The monoisotopic (exact) mass is 386 g/mol. The molecular weight excluding hydrogens is 360 g/mol. The van der Waals surface area contributed by atoms with Gasteiger partial charge in [-0.2, -0.15) is 0 Å². The molecule has 0 amide bonds. The quantitative estimate of drug-likeness (QED) is 0.468. The van der Waals surface area contributed by atoms with Crippen molar-refractivity contribution in [2.45, 2.75) is 33.4 Å². The van der Waals surface area contributed by atoms with Crippen LogP contribution in [0.3, 0.4) is 0 Å². The van der Waals surface area contributed by atoms with Crippen molar-refractivity contribution in [2.24, 2.45) is 0 Å². The minimum Gasteiger partial charge on any atom is -0.497 e. The summed E-state index contributed by atoms with van der Waals surface area (Å²) in [6.45, 7) is 7.15. The molecule has 29 heavy (non-hydrogen) atoms. The Morgan fingerprint density at radius 1 is 1.07 bits per heavy atom. The Morgan fingerprint density at radius 3 is 2.72 bits per heavy atom. The van der Waals surface area contributed by atoms with E-state index in [2.05, 4.69) is 70.2 Å². The minimum absolute atomic E-state index is 0.0899. The van der Waals surface area contributed by atoms with Crippen LogP contribution in [0.2, 0.25) is 0 Å². The molecule has 0 aliphatic rings. The largest absolute Gasteiger partial charge is 0.497 e. The number of nitrogens with one attached hydrogen (secondary N) is 1. The van der Waals surface area contributed by atoms with Crippen molar-refractivity contribution in [1.29, 1.82) is 0 Å². The van der Waals surface area contributed by atoms with Crippen molar-refractivity contribution in [3.8, 4) is 17.0 Å². The lowest BCUT2D eigenvalue weighted by atomic mass is 10.1. The molecule has 0 radical (unpaired) electrons. The van der Waals surface area contributed by atoms with Gasteiger partial charge in [0.05, 0.1) is 18.8 Å². The van der Waals surface area contributed by atoms with Crippen LogP contribution in [0.1, 0.15) is 31.3 Å². The smallest absolute Gasteiger partial charge is 0.130 e. The van der Waals surface area contributed by atoms with E-state index < -0.39 is 0 Å². The van der Waals surface area contributed by atoms with Gasteiger partial charge in [-0.1, -0.05) is 24.3 Å². The third kappa shape index (κ3) is 3.94. The SMILES string of the molecule is CCn1ccc2ccc(-c3cc(NC(C)c4cccc(OC)c4)nc(C)n3)cc21. The van der Waals surface area contributed by atoms with Crippen LogP contribution in [0.25, 0.3) is 22.2 Å². The molecule has 1 atom stereocenters. The highest BCUT2D eigenvalue weighted by molar-refractivity contribution is 5.85. The van der Waals surface area contributed by atoms with Gasteiger partial charge in [0.1, 0.15) is 17.4 Å². The maximum Gasteiger partial charge on any atom is 0.130 e. The number of hydrogen-bond acceptors (Lipinski definition) is 4. The van der Waals surface area contributed by atoms with E-state index in [0.29, 0.717) is 0 Å². The predicted molar refractivity (Wildman–Crippen MR) is 118 cm³/mol. The maximum absolute atomic E-state index is 5.34. The number of fused-ring (bicyclic) bond motifs is 1. The van der Waals surface area contributed by atoms with Gasteiger partial charge in [0, 0.05) is 29.9 Å². The second-order valence-electron chi connectivity index (χ2n) is 7.20.